The number of furan rings is 1. The third-order valence-corrected chi connectivity index (χ3v) is 14.8. The quantitative estimate of drug-likeness (QED) is 0.136. The first-order valence-electron chi connectivity index (χ1n) is 25.6. The zero-order chi connectivity index (χ0) is 49.7. The molecule has 1 heterocycles. The van der Waals surface area contributed by atoms with Gasteiger partial charge in [0, 0.05) is 49.9 Å². The summed E-state index contributed by atoms with van der Waals surface area (Å²) in [6, 6.07) is 105. The van der Waals surface area contributed by atoms with E-state index in [4.69, 9.17) is 4.42 Å². The summed E-state index contributed by atoms with van der Waals surface area (Å²) in [6.07, 6.45) is 0. The van der Waals surface area contributed by atoms with Crippen LogP contribution in [-0.4, -0.2) is 0 Å². The van der Waals surface area contributed by atoms with Gasteiger partial charge in [-0.3, -0.25) is 0 Å². The first kappa shape index (κ1) is 43.8. The van der Waals surface area contributed by atoms with Gasteiger partial charge in [-0.2, -0.15) is 0 Å². The zero-order valence-corrected chi connectivity index (χ0v) is 41.0. The number of rotatable bonds is 10. The Morgan fingerprint density at radius 1 is 0.227 bits per heavy atom. The lowest BCUT2D eigenvalue weighted by Crippen LogP contribution is -2.14. The van der Waals surface area contributed by atoms with Gasteiger partial charge in [0.15, 0.2) is 0 Å². The van der Waals surface area contributed by atoms with Gasteiger partial charge in [-0.15, -0.1) is 0 Å². The van der Waals surface area contributed by atoms with Crippen LogP contribution in [-0.2, 0) is 0 Å². The van der Waals surface area contributed by atoms with Crippen molar-refractivity contribution in [3.05, 3.63) is 291 Å². The van der Waals surface area contributed by atoms with Crippen LogP contribution in [0.3, 0.4) is 0 Å². The number of nitrogens with zero attached hydrogens (tertiary/aromatic N) is 2. The standard InChI is InChI=1S/C72H48N2O/c1-2-17-49(18-3-1)52-33-35-53(36-34-52)54-37-41-57(42-38-54)73(58-43-39-50-19-4-6-21-55(50)47-58)68-30-13-10-25-63(68)64-26-11-14-31-69(64)74(59-44-40-51-20-5-7-22-56(51)48-59)70-46-45-61(60-23-8-9-24-62(60)70)66-28-16-29-67-65-27-12-15-32-71(65)75-72(66)67/h1-48H. The van der Waals surface area contributed by atoms with Crippen molar-refractivity contribution in [2.75, 3.05) is 9.80 Å². The Labute approximate surface area is 436 Å². The van der Waals surface area contributed by atoms with E-state index in [0.717, 1.165) is 94.7 Å². The Morgan fingerprint density at radius 3 is 1.33 bits per heavy atom. The molecule has 0 amide bonds. The number of hydrogen-bond acceptors (Lipinski definition) is 3. The molecule has 0 saturated heterocycles. The fourth-order valence-electron chi connectivity index (χ4n) is 11.2. The predicted molar refractivity (Wildman–Crippen MR) is 317 cm³/mol. The summed E-state index contributed by atoms with van der Waals surface area (Å²) in [5, 5.41) is 9.26. The van der Waals surface area contributed by atoms with Crippen LogP contribution >= 0.6 is 0 Å². The molecule has 3 heteroatoms. The molecule has 0 N–H and O–H groups in total. The summed E-state index contributed by atoms with van der Waals surface area (Å²) < 4.78 is 6.65. The second-order valence-corrected chi connectivity index (χ2v) is 19.2. The molecule has 0 atom stereocenters. The van der Waals surface area contributed by atoms with Gasteiger partial charge in [-0.1, -0.05) is 231 Å². The molecule has 1 aromatic heterocycles. The Bertz CT molecular complexity index is 4420. The average Bonchev–Trinajstić information content (AvgIpc) is 3.90. The van der Waals surface area contributed by atoms with E-state index >= 15 is 0 Å². The minimum atomic E-state index is 0.890. The second-order valence-electron chi connectivity index (χ2n) is 19.2. The van der Waals surface area contributed by atoms with Crippen molar-refractivity contribution in [2.45, 2.75) is 0 Å². The van der Waals surface area contributed by atoms with Gasteiger partial charge < -0.3 is 14.2 Å². The monoisotopic (exact) mass is 956 g/mol. The highest BCUT2D eigenvalue weighted by atomic mass is 16.3. The smallest absolute Gasteiger partial charge is 0.143 e. The van der Waals surface area contributed by atoms with E-state index in [1.54, 1.807) is 0 Å². The summed E-state index contributed by atoms with van der Waals surface area (Å²) in [4.78, 5) is 4.88. The Hall–Kier alpha value is -9.96. The SMILES string of the molecule is c1ccc(-c2ccc(-c3ccc(N(c4ccc5ccccc5c4)c4ccccc4-c4ccccc4N(c4ccc5ccccc5c4)c4ccc(-c5cccc6c5oc5ccccc56)c5ccccc45)cc3)cc2)cc1. The predicted octanol–water partition coefficient (Wildman–Crippen LogP) is 20.7. The lowest BCUT2D eigenvalue weighted by molar-refractivity contribution is 0.670. The third-order valence-electron chi connectivity index (χ3n) is 14.8. The van der Waals surface area contributed by atoms with Crippen LogP contribution in [0.15, 0.2) is 296 Å². The molecular weight excluding hydrogens is 909 g/mol. The highest BCUT2D eigenvalue weighted by Gasteiger charge is 2.25. The van der Waals surface area contributed by atoms with E-state index in [9.17, 15) is 0 Å². The van der Waals surface area contributed by atoms with Crippen LogP contribution in [0, 0.1) is 0 Å². The summed E-state index contributed by atoms with van der Waals surface area (Å²) in [5.41, 5.74) is 17.3. The van der Waals surface area contributed by atoms with E-state index in [0.29, 0.717) is 0 Å². The maximum atomic E-state index is 6.65. The molecule has 352 valence electrons. The minimum Gasteiger partial charge on any atom is -0.455 e. The summed E-state index contributed by atoms with van der Waals surface area (Å²) in [7, 11) is 0. The van der Waals surface area contributed by atoms with Crippen LogP contribution in [0.25, 0.3) is 98.8 Å². The number of benzene rings is 13. The molecule has 0 unspecified atom stereocenters. The Morgan fingerprint density at radius 2 is 0.680 bits per heavy atom. The molecule has 14 aromatic rings. The number of para-hydroxylation sites is 4. The lowest BCUT2D eigenvalue weighted by atomic mass is 9.94. The molecule has 3 nitrogen and oxygen atoms in total. The summed E-state index contributed by atoms with van der Waals surface area (Å²) in [5.74, 6) is 0. The van der Waals surface area contributed by atoms with E-state index in [1.165, 1.54) is 38.2 Å². The topological polar surface area (TPSA) is 19.6 Å². The minimum absolute atomic E-state index is 0.890. The van der Waals surface area contributed by atoms with E-state index in [1.807, 2.05) is 6.07 Å². The highest BCUT2D eigenvalue weighted by molar-refractivity contribution is 6.14. The van der Waals surface area contributed by atoms with Crippen molar-refractivity contribution in [1.29, 1.82) is 0 Å². The second kappa shape index (κ2) is 18.6. The lowest BCUT2D eigenvalue weighted by Gasteiger charge is -2.32. The van der Waals surface area contributed by atoms with Crippen LogP contribution in [0.4, 0.5) is 34.1 Å². The van der Waals surface area contributed by atoms with Gasteiger partial charge >= 0.3 is 0 Å². The fraction of sp³-hybridized carbons (Fsp3) is 0. The van der Waals surface area contributed by atoms with Crippen molar-refractivity contribution in [3.8, 4) is 44.5 Å². The molecule has 0 aliphatic heterocycles. The molecule has 0 aliphatic rings. The molecule has 13 aromatic carbocycles. The molecule has 0 fully saturated rings. The summed E-state index contributed by atoms with van der Waals surface area (Å²) in [6.45, 7) is 0. The van der Waals surface area contributed by atoms with Gasteiger partial charge in [0.25, 0.3) is 0 Å². The van der Waals surface area contributed by atoms with E-state index < -0.39 is 0 Å². The van der Waals surface area contributed by atoms with Crippen LogP contribution in [0.1, 0.15) is 0 Å². The number of fused-ring (bicyclic) bond motifs is 6. The van der Waals surface area contributed by atoms with Gasteiger partial charge in [0.2, 0.25) is 0 Å². The van der Waals surface area contributed by atoms with Crippen molar-refractivity contribution >= 4 is 88.4 Å². The maximum Gasteiger partial charge on any atom is 0.143 e. The fourth-order valence-corrected chi connectivity index (χ4v) is 11.2. The molecule has 0 aliphatic carbocycles. The van der Waals surface area contributed by atoms with Crippen LogP contribution in [0.2, 0.25) is 0 Å². The van der Waals surface area contributed by atoms with E-state index in [-0.39, 0.29) is 0 Å². The molecule has 0 saturated carbocycles. The van der Waals surface area contributed by atoms with Crippen molar-refractivity contribution in [1.82, 2.24) is 0 Å². The van der Waals surface area contributed by atoms with E-state index in [2.05, 4.69) is 295 Å². The summed E-state index contributed by atoms with van der Waals surface area (Å²) >= 11 is 0. The maximum absolute atomic E-state index is 6.65. The van der Waals surface area contributed by atoms with Gasteiger partial charge in [-0.05, 0) is 115 Å². The van der Waals surface area contributed by atoms with Crippen LogP contribution in [0.5, 0.6) is 0 Å². The molecular formula is C72H48N2O. The molecule has 14 rings (SSSR count). The van der Waals surface area contributed by atoms with Gasteiger partial charge in [-0.25, -0.2) is 0 Å². The first-order valence-corrected chi connectivity index (χ1v) is 25.6. The molecule has 0 radical (unpaired) electrons. The Balaban J connectivity index is 0.942. The normalized spacial score (nSPS) is 11.5. The average molecular weight is 957 g/mol. The van der Waals surface area contributed by atoms with Crippen molar-refractivity contribution in [2.24, 2.45) is 0 Å². The van der Waals surface area contributed by atoms with Gasteiger partial charge in [0.05, 0.1) is 17.1 Å². The molecule has 75 heavy (non-hydrogen) atoms. The number of anilines is 6. The zero-order valence-electron chi connectivity index (χ0n) is 41.0. The largest absolute Gasteiger partial charge is 0.455 e. The van der Waals surface area contributed by atoms with Crippen molar-refractivity contribution in [3.63, 3.8) is 0 Å². The Kier molecular flexibility index (Phi) is 10.8. The van der Waals surface area contributed by atoms with Crippen molar-refractivity contribution < 1.29 is 4.42 Å². The highest BCUT2D eigenvalue weighted by Crippen LogP contribution is 2.50. The first-order chi connectivity index (χ1) is 37.2. The third kappa shape index (κ3) is 7.86. The molecule has 0 spiro atoms. The number of hydrogen-bond donors (Lipinski definition) is 0. The van der Waals surface area contributed by atoms with Gasteiger partial charge in [0.1, 0.15) is 11.2 Å². The molecule has 0 bridgehead atoms. The van der Waals surface area contributed by atoms with Crippen LogP contribution < -0.4 is 9.80 Å².